The van der Waals surface area contributed by atoms with Gasteiger partial charge in [-0.05, 0) is 64.2 Å². The Bertz CT molecular complexity index is 422. The Hall–Kier alpha value is 2.35. The molecule has 0 aliphatic heterocycles. The average Bonchev–Trinajstić information content (AvgIpc) is 2.78. The van der Waals surface area contributed by atoms with E-state index in [9.17, 15) is 49.5 Å². The Morgan fingerprint density at radius 3 is 0.450 bits per heavy atom. The third kappa shape index (κ3) is 125. The predicted molar refractivity (Wildman–Crippen MR) is 123 cm³/mol. The maximum Gasteiger partial charge on any atom is 1.00 e. The van der Waals surface area contributed by atoms with E-state index in [4.69, 9.17) is 0 Å². The summed E-state index contributed by atoms with van der Waals surface area (Å²) in [6.07, 6.45) is 9.34. The van der Waals surface area contributed by atoms with Gasteiger partial charge in [-0.2, -0.15) is 0 Å². The molecule has 0 radical (unpaired) electrons. The van der Waals surface area contributed by atoms with Crippen LogP contribution in [-0.2, 0) is 24.0 Å². The molecule has 0 aliphatic rings. The van der Waals surface area contributed by atoms with E-state index in [1.165, 1.54) is 0 Å². The molecule has 0 fully saturated rings. The Balaban J connectivity index is -0.0000000341. The molecule has 0 N–H and O–H groups in total. The van der Waals surface area contributed by atoms with E-state index in [2.05, 4.69) is 0 Å². The van der Waals surface area contributed by atoms with Crippen molar-refractivity contribution in [3.8, 4) is 0 Å². The van der Waals surface area contributed by atoms with E-state index in [-0.39, 0.29) is 180 Å². The Kier molecular flexibility index (Phi) is 111. The van der Waals surface area contributed by atoms with Gasteiger partial charge in [0.1, 0.15) is 0 Å². The maximum absolute atomic E-state index is 9.65. The summed E-state index contributed by atoms with van der Waals surface area (Å²) in [7, 11) is 0. The quantitative estimate of drug-likeness (QED) is 0.158. The second-order valence-electron chi connectivity index (χ2n) is 7.38. The molecule has 0 aromatic rings. The molecule has 0 heterocycles. The van der Waals surface area contributed by atoms with Crippen molar-refractivity contribution in [2.75, 3.05) is 0 Å². The number of hydrogen-bond donors (Lipinski definition) is 0. The van der Waals surface area contributed by atoms with Crippen molar-refractivity contribution >= 4 is 29.8 Å². The monoisotopic (exact) mass is 620 g/mol. The summed E-state index contributed by atoms with van der Waals surface area (Å²) in [6, 6.07) is 0. The minimum absolute atomic E-state index is 0. The maximum atomic E-state index is 9.65. The summed E-state index contributed by atoms with van der Waals surface area (Å²) in [5.74, 6) is -4.71. The number of carbonyl (C=O) groups excluding carboxylic acids is 5. The first-order valence-corrected chi connectivity index (χ1v) is 12.3. The van der Waals surface area contributed by atoms with Gasteiger partial charge in [0.25, 0.3) is 0 Å². The molecule has 0 rings (SSSR count). The number of carboxylic acid groups (broad SMARTS) is 5. The van der Waals surface area contributed by atoms with Crippen molar-refractivity contribution in [2.24, 2.45) is 0 Å². The van der Waals surface area contributed by atoms with Crippen molar-refractivity contribution in [3.63, 3.8) is 0 Å². The van der Waals surface area contributed by atoms with Crippen molar-refractivity contribution in [2.45, 2.75) is 131 Å². The number of carbonyl (C=O) groups is 5. The molecule has 0 spiro atoms. The molecule has 0 unspecified atom stereocenters. The number of unbranched alkanes of at least 4 members (excludes halogenated alkanes) is 5. The molecule has 10 nitrogen and oxygen atoms in total. The zero-order valence-corrected chi connectivity index (χ0v) is 37.2. The average molecular weight is 621 g/mol. The molecule has 40 heavy (non-hydrogen) atoms. The van der Waals surface area contributed by atoms with Crippen LogP contribution in [0.4, 0.5) is 0 Å². The molecule has 210 valence electrons. The minimum atomic E-state index is -0.943. The van der Waals surface area contributed by atoms with Gasteiger partial charge in [0.15, 0.2) is 0 Å². The zero-order chi connectivity index (χ0) is 28.5. The number of aliphatic carboxylic acids is 5. The van der Waals surface area contributed by atoms with E-state index < -0.39 is 29.8 Å². The molecule has 0 aromatic carbocycles. The van der Waals surface area contributed by atoms with E-state index >= 15 is 0 Å². The second kappa shape index (κ2) is 64.3. The van der Waals surface area contributed by atoms with Gasteiger partial charge in [0, 0.05) is 29.8 Å². The van der Waals surface area contributed by atoms with Crippen LogP contribution in [0.1, 0.15) is 131 Å². The molecular weight excluding hydrogens is 575 g/mol. The van der Waals surface area contributed by atoms with Crippen molar-refractivity contribution in [3.05, 3.63) is 0 Å². The molecule has 0 bridgehead atoms. The topological polar surface area (TPSA) is 201 Å². The Labute approximate surface area is 352 Å². The van der Waals surface area contributed by atoms with Gasteiger partial charge in [-0.25, -0.2) is 0 Å². The summed E-state index contributed by atoms with van der Waals surface area (Å²) in [6.45, 7) is 9.74. The van der Waals surface area contributed by atoms with Crippen LogP contribution in [0.2, 0.25) is 0 Å². The molecular formula is C25H45Na5O10. The fourth-order valence-electron chi connectivity index (χ4n) is 1.61. The predicted octanol–water partition coefficient (Wildman–Crippen LogP) is -15.3. The van der Waals surface area contributed by atoms with Gasteiger partial charge in [-0.3, -0.25) is 0 Å². The van der Waals surface area contributed by atoms with Crippen LogP contribution in [-0.4, -0.2) is 29.8 Å². The molecule has 0 aliphatic carbocycles. The first-order chi connectivity index (χ1) is 16.4. The summed E-state index contributed by atoms with van der Waals surface area (Å²) >= 11 is 0. The second-order valence-corrected chi connectivity index (χ2v) is 7.38. The summed E-state index contributed by atoms with van der Waals surface area (Å²) in [5, 5.41) is 48.2. The summed E-state index contributed by atoms with van der Waals surface area (Å²) in [4.78, 5) is 48.2. The molecule has 0 saturated heterocycles. The minimum Gasteiger partial charge on any atom is -0.550 e. The summed E-state index contributed by atoms with van der Waals surface area (Å²) in [5.41, 5.74) is 0. The fraction of sp³-hybridized carbons (Fsp3) is 0.800. The Morgan fingerprint density at radius 2 is 0.425 bits per heavy atom. The van der Waals surface area contributed by atoms with Crippen molar-refractivity contribution in [1.29, 1.82) is 0 Å². The van der Waals surface area contributed by atoms with E-state index in [0.29, 0.717) is 0 Å². The largest absolute Gasteiger partial charge is 1.00 e. The van der Waals surface area contributed by atoms with Crippen LogP contribution in [0.25, 0.3) is 0 Å². The Morgan fingerprint density at radius 1 is 0.325 bits per heavy atom. The van der Waals surface area contributed by atoms with E-state index in [1.54, 1.807) is 0 Å². The van der Waals surface area contributed by atoms with Gasteiger partial charge < -0.3 is 49.5 Å². The number of rotatable bonds is 15. The molecule has 0 amide bonds. The molecule has 15 heteroatoms. The standard InChI is InChI=1S/5C5H10O2.5Na/c5*1-2-3-4-5(6)7;;;;;/h5*2-4H2,1H3,(H,6,7);;;;;/q;;;;;5*+1/p-5. The van der Waals surface area contributed by atoms with Gasteiger partial charge in [0.2, 0.25) is 0 Å². The normalized spacial score (nSPS) is 7.62. The van der Waals surface area contributed by atoms with Crippen LogP contribution in [0.15, 0.2) is 0 Å². The van der Waals surface area contributed by atoms with Gasteiger partial charge >= 0.3 is 148 Å². The molecule has 0 atom stereocenters. The van der Waals surface area contributed by atoms with Crippen molar-refractivity contribution < 1.29 is 197 Å². The SMILES string of the molecule is CCCCC(=O)[O-].CCCCC(=O)[O-].CCCCC(=O)[O-].CCCCC(=O)[O-].CCCCC(=O)[O-].[Na+].[Na+].[Na+].[Na+].[Na+]. The van der Waals surface area contributed by atoms with Crippen LogP contribution in [0.3, 0.4) is 0 Å². The molecule has 0 aromatic heterocycles. The first-order valence-electron chi connectivity index (χ1n) is 12.3. The van der Waals surface area contributed by atoms with Gasteiger partial charge in [-0.1, -0.05) is 66.7 Å². The first kappa shape index (κ1) is 69.2. The smallest absolute Gasteiger partial charge is 0.550 e. The molecule has 0 saturated carbocycles. The third-order valence-corrected chi connectivity index (χ3v) is 3.67. The van der Waals surface area contributed by atoms with Gasteiger partial charge in [0.05, 0.1) is 0 Å². The van der Waals surface area contributed by atoms with E-state index in [0.717, 1.165) is 64.2 Å². The zero-order valence-electron chi connectivity index (χ0n) is 27.2. The van der Waals surface area contributed by atoms with Crippen LogP contribution < -0.4 is 173 Å². The van der Waals surface area contributed by atoms with Crippen molar-refractivity contribution in [1.82, 2.24) is 0 Å². The van der Waals surface area contributed by atoms with Crippen LogP contribution in [0.5, 0.6) is 0 Å². The summed E-state index contributed by atoms with van der Waals surface area (Å²) < 4.78 is 0. The van der Waals surface area contributed by atoms with Crippen LogP contribution >= 0.6 is 0 Å². The number of carboxylic acids is 5. The van der Waals surface area contributed by atoms with E-state index in [1.807, 2.05) is 34.6 Å². The third-order valence-electron chi connectivity index (χ3n) is 3.67. The van der Waals surface area contributed by atoms with Crippen LogP contribution in [0, 0.1) is 0 Å². The van der Waals surface area contributed by atoms with Gasteiger partial charge in [-0.15, -0.1) is 0 Å². The fourth-order valence-corrected chi connectivity index (χ4v) is 1.61. The number of hydrogen-bond acceptors (Lipinski definition) is 10.